The molecule has 0 aromatic heterocycles. The van der Waals surface area contributed by atoms with E-state index < -0.39 is 13.7 Å². The molecule has 0 bridgehead atoms. The fraction of sp³-hybridized carbons (Fsp3) is 0.696. The summed E-state index contributed by atoms with van der Waals surface area (Å²) in [6, 6.07) is 16.0. The summed E-state index contributed by atoms with van der Waals surface area (Å²) in [6.45, 7) is 12.7. The van der Waals surface area contributed by atoms with Crippen molar-refractivity contribution in [3.63, 3.8) is 0 Å². The normalized spacial score (nSPS) is 13.5. The van der Waals surface area contributed by atoms with E-state index in [1.165, 1.54) is 0 Å². The maximum absolute atomic E-state index is 14.0. The van der Waals surface area contributed by atoms with Gasteiger partial charge in [0.1, 0.15) is 0 Å². The standard InChI is InChI=1S/C46H80O4P2S/c1-9-17-33-51(34-18-10-2,35-19-11-3,36-20-12-4)49-45(47)41-25-29-43(30-26-41)53-44-31-27-42(28-32-44)46(48)50-52(37-21-13-5,38-22-14-6,39-23-15-7)40-24-16-8/h25-32H,9-24,33-40H2,1-8H3. The maximum atomic E-state index is 14.0. The number of rotatable bonds is 30. The zero-order valence-corrected chi connectivity index (χ0v) is 38.1. The van der Waals surface area contributed by atoms with Crippen LogP contribution in [-0.4, -0.2) is 61.2 Å². The van der Waals surface area contributed by atoms with Gasteiger partial charge in [-0.1, -0.05) is 0 Å². The van der Waals surface area contributed by atoms with Crippen molar-refractivity contribution in [1.29, 1.82) is 0 Å². The van der Waals surface area contributed by atoms with E-state index in [-0.39, 0.29) is 11.9 Å². The quantitative estimate of drug-likeness (QED) is 0.0738. The van der Waals surface area contributed by atoms with Crippen LogP contribution in [0.4, 0.5) is 0 Å². The molecule has 2 rings (SSSR count). The molecule has 0 aliphatic rings. The number of unbranched alkanes of at least 4 members (excludes halogenated alkanes) is 8. The van der Waals surface area contributed by atoms with Gasteiger partial charge >= 0.3 is 333 Å². The molecule has 53 heavy (non-hydrogen) atoms. The average Bonchev–Trinajstić information content (AvgIpc) is 3.18. The van der Waals surface area contributed by atoms with Crippen LogP contribution in [0.2, 0.25) is 0 Å². The minimum absolute atomic E-state index is 0.130. The van der Waals surface area contributed by atoms with Crippen LogP contribution in [0.25, 0.3) is 0 Å². The molecule has 4 nitrogen and oxygen atoms in total. The molecular weight excluding hydrogens is 711 g/mol. The van der Waals surface area contributed by atoms with Crippen LogP contribution < -0.4 is 0 Å². The molecule has 0 atom stereocenters. The summed E-state index contributed by atoms with van der Waals surface area (Å²) in [5, 5.41) is 0. The second-order valence-corrected chi connectivity index (χ2v) is 28.8. The summed E-state index contributed by atoms with van der Waals surface area (Å²) in [7, 11) is 0. The number of hydrogen-bond donors (Lipinski definition) is 0. The van der Waals surface area contributed by atoms with Crippen molar-refractivity contribution in [1.82, 2.24) is 0 Å². The Balaban J connectivity index is 2.31. The first kappa shape index (κ1) is 47.7. The van der Waals surface area contributed by atoms with Gasteiger partial charge in [-0.2, -0.15) is 0 Å². The molecule has 2 aromatic rings. The Kier molecular flexibility index (Phi) is 21.9. The van der Waals surface area contributed by atoms with E-state index in [9.17, 15) is 9.59 Å². The van der Waals surface area contributed by atoms with Crippen molar-refractivity contribution in [2.45, 2.75) is 168 Å². The summed E-state index contributed by atoms with van der Waals surface area (Å²) in [5.41, 5.74) is 1.31. The number of carbonyl (C=O) groups excluding carboxylic acids is 2. The van der Waals surface area contributed by atoms with Crippen LogP contribution in [0.3, 0.4) is 0 Å². The van der Waals surface area contributed by atoms with Crippen molar-refractivity contribution >= 4 is 37.4 Å². The van der Waals surface area contributed by atoms with Gasteiger partial charge in [-0.3, -0.25) is 0 Å². The zero-order chi connectivity index (χ0) is 39.1. The first-order chi connectivity index (χ1) is 25.5. The fourth-order valence-corrected chi connectivity index (χ4v) is 22.5. The second kappa shape index (κ2) is 24.3. The van der Waals surface area contributed by atoms with E-state index in [2.05, 4.69) is 55.4 Å². The summed E-state index contributed by atoms with van der Waals surface area (Å²) in [5.74, 6) is -0.260. The van der Waals surface area contributed by atoms with Crippen LogP contribution in [0.5, 0.6) is 0 Å². The Morgan fingerprint density at radius 2 is 0.604 bits per heavy atom. The van der Waals surface area contributed by atoms with Crippen LogP contribution in [0, 0.1) is 0 Å². The number of hydrogen-bond acceptors (Lipinski definition) is 5. The first-order valence-electron chi connectivity index (χ1n) is 21.9. The molecule has 7 heteroatoms. The van der Waals surface area contributed by atoms with Crippen LogP contribution in [-0.2, 0) is 9.05 Å². The van der Waals surface area contributed by atoms with E-state index in [0.29, 0.717) is 11.1 Å². The van der Waals surface area contributed by atoms with E-state index in [0.717, 1.165) is 162 Å². The number of carbonyl (C=O) groups is 2. The predicted molar refractivity (Wildman–Crippen MR) is 240 cm³/mol. The van der Waals surface area contributed by atoms with Gasteiger partial charge < -0.3 is 0 Å². The average molecular weight is 791 g/mol. The topological polar surface area (TPSA) is 52.6 Å². The molecule has 0 spiro atoms. The summed E-state index contributed by atoms with van der Waals surface area (Å²) in [6.07, 6.45) is 26.7. The predicted octanol–water partition coefficient (Wildman–Crippen LogP) is 15.5. The SMILES string of the molecule is CCCCP(CCCC)(CCCC)(CCCC)OC(=O)c1ccc(Sc2ccc(C(=O)OP(CCCC)(CCCC)(CCCC)CCCC)cc2)cc1. The van der Waals surface area contributed by atoms with Gasteiger partial charge in [-0.15, -0.1) is 0 Å². The number of benzene rings is 2. The molecule has 0 saturated heterocycles. The summed E-state index contributed by atoms with van der Waals surface area (Å²) < 4.78 is 14.0. The van der Waals surface area contributed by atoms with Crippen molar-refractivity contribution in [3.8, 4) is 0 Å². The summed E-state index contributed by atoms with van der Waals surface area (Å²) in [4.78, 5) is 30.1. The minimum atomic E-state index is -2.71. The third-order valence-corrected chi connectivity index (χ3v) is 25.7. The molecular formula is C46H80O4P2S. The Bertz CT molecular complexity index is 1140. The molecule has 0 aliphatic heterocycles. The molecule has 2 aromatic carbocycles. The molecule has 0 saturated carbocycles. The molecule has 0 fully saturated rings. The van der Waals surface area contributed by atoms with E-state index in [1.807, 2.05) is 48.5 Å². The Labute approximate surface area is 331 Å². The Morgan fingerprint density at radius 1 is 0.396 bits per heavy atom. The first-order valence-corrected chi connectivity index (χ1v) is 28.5. The molecule has 0 heterocycles. The van der Waals surface area contributed by atoms with Crippen molar-refractivity contribution in [3.05, 3.63) is 59.7 Å². The zero-order valence-electron chi connectivity index (χ0n) is 35.5. The molecule has 0 amide bonds. The summed E-state index contributed by atoms with van der Waals surface area (Å²) >= 11 is 1.65. The van der Waals surface area contributed by atoms with E-state index >= 15 is 0 Å². The Hall–Kier alpha value is -1.41. The molecule has 0 aliphatic carbocycles. The molecule has 0 unspecified atom stereocenters. The monoisotopic (exact) mass is 791 g/mol. The van der Waals surface area contributed by atoms with Gasteiger partial charge in [-0.05, 0) is 0 Å². The Morgan fingerprint density at radius 3 is 0.792 bits per heavy atom. The van der Waals surface area contributed by atoms with Gasteiger partial charge in [0.25, 0.3) is 0 Å². The van der Waals surface area contributed by atoms with Crippen LogP contribution >= 0.6 is 25.4 Å². The molecule has 0 N–H and O–H groups in total. The fourth-order valence-electron chi connectivity index (χ4n) is 8.20. The molecule has 304 valence electrons. The van der Waals surface area contributed by atoms with Crippen molar-refractivity contribution in [2.75, 3.05) is 49.3 Å². The van der Waals surface area contributed by atoms with Gasteiger partial charge in [0, 0.05) is 0 Å². The third kappa shape index (κ3) is 14.6. The molecule has 0 radical (unpaired) electrons. The van der Waals surface area contributed by atoms with E-state index in [1.54, 1.807) is 11.8 Å². The van der Waals surface area contributed by atoms with Gasteiger partial charge in [0.05, 0.1) is 0 Å². The van der Waals surface area contributed by atoms with Gasteiger partial charge in [0.2, 0.25) is 0 Å². The van der Waals surface area contributed by atoms with E-state index in [4.69, 9.17) is 9.05 Å². The van der Waals surface area contributed by atoms with Gasteiger partial charge in [0.15, 0.2) is 0 Å². The van der Waals surface area contributed by atoms with Crippen molar-refractivity contribution in [2.24, 2.45) is 0 Å². The van der Waals surface area contributed by atoms with Crippen molar-refractivity contribution < 1.29 is 18.6 Å². The van der Waals surface area contributed by atoms with Crippen LogP contribution in [0.1, 0.15) is 179 Å². The van der Waals surface area contributed by atoms with Crippen LogP contribution in [0.15, 0.2) is 58.3 Å². The van der Waals surface area contributed by atoms with Gasteiger partial charge in [-0.25, -0.2) is 0 Å². The second-order valence-electron chi connectivity index (χ2n) is 16.2. The third-order valence-electron chi connectivity index (χ3n) is 11.7.